The van der Waals surface area contributed by atoms with Crippen molar-refractivity contribution in [1.82, 2.24) is 0 Å². The minimum absolute atomic E-state index is 0.134. The molecule has 5 aliphatic rings. The second-order valence-electron chi connectivity index (χ2n) is 15.4. The summed E-state index contributed by atoms with van der Waals surface area (Å²) in [4.78, 5) is 12.9. The highest BCUT2D eigenvalue weighted by molar-refractivity contribution is 5.76. The van der Waals surface area contributed by atoms with Crippen molar-refractivity contribution in [2.45, 2.75) is 114 Å². The second kappa shape index (κ2) is 7.38. The molecule has 0 bridgehead atoms. The van der Waals surface area contributed by atoms with Crippen LogP contribution in [-0.2, 0) is 4.79 Å². The first kappa shape index (κ1) is 24.9. The van der Waals surface area contributed by atoms with Gasteiger partial charge in [0.1, 0.15) is 0 Å². The summed E-state index contributed by atoms with van der Waals surface area (Å²) >= 11 is 0. The molecule has 1 N–H and O–H groups in total. The molecule has 5 rings (SSSR count). The van der Waals surface area contributed by atoms with Gasteiger partial charge in [-0.05, 0) is 114 Å². The summed E-state index contributed by atoms with van der Waals surface area (Å²) < 4.78 is 0. The first-order valence-corrected chi connectivity index (χ1v) is 14.6. The highest BCUT2D eigenvalue weighted by Gasteiger charge is 2.69. The summed E-state index contributed by atoms with van der Waals surface area (Å²) in [6.07, 6.45) is 11.7. The summed E-state index contributed by atoms with van der Waals surface area (Å²) in [6, 6.07) is 0. The predicted octanol–water partition coefficient (Wildman–Crippen LogP) is 8.61. The van der Waals surface area contributed by atoms with Crippen molar-refractivity contribution in [3.63, 3.8) is 0 Å². The lowest BCUT2D eigenvalue weighted by Gasteiger charge is -2.72. The Morgan fingerprint density at radius 1 is 0.882 bits per heavy atom. The fourth-order valence-electron chi connectivity index (χ4n) is 11.7. The number of hydrogen-bond acceptors (Lipinski definition) is 1. The Kier molecular flexibility index (Phi) is 5.40. The first-order valence-electron chi connectivity index (χ1n) is 14.6. The van der Waals surface area contributed by atoms with Crippen LogP contribution in [0.5, 0.6) is 0 Å². The van der Waals surface area contributed by atoms with E-state index < -0.39 is 11.4 Å². The Labute approximate surface area is 209 Å². The number of allylic oxidation sites excluding steroid dienone is 2. The van der Waals surface area contributed by atoms with Gasteiger partial charge >= 0.3 is 5.97 Å². The third-order valence-electron chi connectivity index (χ3n) is 14.4. The Balaban J connectivity index is 1.62. The zero-order valence-electron chi connectivity index (χ0n) is 23.6. The summed E-state index contributed by atoms with van der Waals surface area (Å²) in [7, 11) is 0. The fourth-order valence-corrected chi connectivity index (χ4v) is 11.7. The van der Waals surface area contributed by atoms with Gasteiger partial charge in [0, 0.05) is 0 Å². The maximum Gasteiger partial charge on any atom is 0.310 e. The summed E-state index contributed by atoms with van der Waals surface area (Å²) in [5.74, 6) is 3.81. The van der Waals surface area contributed by atoms with Gasteiger partial charge in [-0.1, -0.05) is 74.0 Å². The third-order valence-corrected chi connectivity index (χ3v) is 14.4. The minimum atomic E-state index is -0.529. The van der Waals surface area contributed by atoms with Crippen LogP contribution in [0.2, 0.25) is 0 Å². The van der Waals surface area contributed by atoms with Gasteiger partial charge in [0.2, 0.25) is 0 Å². The molecule has 2 heteroatoms. The molecule has 0 aromatic rings. The summed E-state index contributed by atoms with van der Waals surface area (Å²) in [5.41, 5.74) is 2.20. The smallest absolute Gasteiger partial charge is 0.310 e. The molecule has 34 heavy (non-hydrogen) atoms. The van der Waals surface area contributed by atoms with Crippen LogP contribution in [0.1, 0.15) is 114 Å². The van der Waals surface area contributed by atoms with Crippen LogP contribution >= 0.6 is 0 Å². The highest BCUT2D eigenvalue weighted by Crippen LogP contribution is 2.76. The molecule has 0 aromatic heterocycles. The van der Waals surface area contributed by atoms with Crippen molar-refractivity contribution in [1.29, 1.82) is 0 Å². The van der Waals surface area contributed by atoms with Gasteiger partial charge in [-0.3, -0.25) is 4.79 Å². The highest BCUT2D eigenvalue weighted by atomic mass is 16.4. The molecule has 5 aliphatic carbocycles. The normalized spacial score (nSPS) is 56.3. The van der Waals surface area contributed by atoms with Gasteiger partial charge in [-0.2, -0.15) is 0 Å². The standard InChI is InChI=1S/C32H52O2/c1-19-12-15-32(27(33)34)17-16-30(8)23(26(32)21(19)3)10-11-25-29(7)18-20(2)22(4)28(5,6)24(29)13-14-31(25,30)9/h10,19-22,24-26H,11-18H2,1-9H3,(H,33,34)/t19-,20+,21+,22-,24+,25-,26+,29+,30-,31-,32+/m1/s1. The van der Waals surface area contributed by atoms with Gasteiger partial charge in [-0.15, -0.1) is 0 Å². The maximum absolute atomic E-state index is 12.9. The Hall–Kier alpha value is -0.790. The van der Waals surface area contributed by atoms with Crippen molar-refractivity contribution in [2.24, 2.45) is 68.5 Å². The van der Waals surface area contributed by atoms with E-state index in [2.05, 4.69) is 68.4 Å². The van der Waals surface area contributed by atoms with Crippen molar-refractivity contribution in [3.05, 3.63) is 11.6 Å². The lowest BCUT2D eigenvalue weighted by molar-refractivity contribution is -0.205. The van der Waals surface area contributed by atoms with Gasteiger partial charge in [0.25, 0.3) is 0 Å². The van der Waals surface area contributed by atoms with Crippen molar-refractivity contribution in [3.8, 4) is 0 Å². The van der Waals surface area contributed by atoms with E-state index in [1.807, 2.05) is 0 Å². The molecule has 0 radical (unpaired) electrons. The molecular formula is C32H52O2. The summed E-state index contributed by atoms with van der Waals surface area (Å²) in [5, 5.41) is 10.6. The zero-order chi connectivity index (χ0) is 25.1. The van der Waals surface area contributed by atoms with Crippen LogP contribution in [0, 0.1) is 68.5 Å². The van der Waals surface area contributed by atoms with Crippen LogP contribution in [0.25, 0.3) is 0 Å². The van der Waals surface area contributed by atoms with Crippen LogP contribution < -0.4 is 0 Å². The van der Waals surface area contributed by atoms with E-state index in [9.17, 15) is 9.90 Å². The van der Waals surface area contributed by atoms with Crippen molar-refractivity contribution in [2.75, 3.05) is 0 Å². The van der Waals surface area contributed by atoms with E-state index in [4.69, 9.17) is 0 Å². The molecule has 0 heterocycles. The van der Waals surface area contributed by atoms with Crippen molar-refractivity contribution < 1.29 is 9.90 Å². The molecule has 0 aromatic carbocycles. The Bertz CT molecular complexity index is 901. The van der Waals surface area contributed by atoms with E-state index in [1.54, 1.807) is 5.57 Å². The van der Waals surface area contributed by atoms with Gasteiger partial charge in [0.15, 0.2) is 0 Å². The quantitative estimate of drug-likeness (QED) is 0.391. The van der Waals surface area contributed by atoms with Crippen LogP contribution in [0.3, 0.4) is 0 Å². The van der Waals surface area contributed by atoms with Gasteiger partial charge in [-0.25, -0.2) is 0 Å². The molecule has 0 unspecified atom stereocenters. The topological polar surface area (TPSA) is 37.3 Å². The molecule has 4 fully saturated rings. The van der Waals surface area contributed by atoms with Gasteiger partial charge in [0.05, 0.1) is 5.41 Å². The van der Waals surface area contributed by atoms with Crippen LogP contribution in [0.4, 0.5) is 0 Å². The number of carboxylic acid groups (broad SMARTS) is 1. The second-order valence-corrected chi connectivity index (χ2v) is 15.4. The number of hydrogen-bond donors (Lipinski definition) is 1. The zero-order valence-corrected chi connectivity index (χ0v) is 23.6. The Morgan fingerprint density at radius 3 is 2.21 bits per heavy atom. The van der Waals surface area contributed by atoms with E-state index in [1.165, 1.54) is 25.7 Å². The number of carboxylic acids is 1. The maximum atomic E-state index is 12.9. The van der Waals surface area contributed by atoms with E-state index in [0.29, 0.717) is 28.6 Å². The summed E-state index contributed by atoms with van der Waals surface area (Å²) in [6.45, 7) is 22.8. The SMILES string of the molecule is C[C@H]1[C@H](C)CC[C@]2(C(=O)O)CC[C@]3(C)C(=CC[C@@H]4[C@@]5(C)C[C@H](C)[C@@H](C)C(C)(C)[C@@H]5CC[C@]43C)[C@H]12. The molecule has 4 saturated carbocycles. The molecule has 2 nitrogen and oxygen atoms in total. The molecule has 0 aliphatic heterocycles. The van der Waals surface area contributed by atoms with Crippen molar-refractivity contribution >= 4 is 5.97 Å². The largest absolute Gasteiger partial charge is 0.481 e. The molecule has 0 spiro atoms. The average Bonchev–Trinajstić information content (AvgIpc) is 2.75. The first-order chi connectivity index (χ1) is 15.7. The van der Waals surface area contributed by atoms with Crippen LogP contribution in [-0.4, -0.2) is 11.1 Å². The van der Waals surface area contributed by atoms with Crippen LogP contribution in [0.15, 0.2) is 11.6 Å². The Morgan fingerprint density at radius 2 is 1.56 bits per heavy atom. The lowest BCUT2D eigenvalue weighted by Crippen LogP contribution is -2.65. The average molecular weight is 469 g/mol. The van der Waals surface area contributed by atoms with Gasteiger partial charge < -0.3 is 5.11 Å². The van der Waals surface area contributed by atoms with E-state index >= 15 is 0 Å². The number of rotatable bonds is 1. The monoisotopic (exact) mass is 468 g/mol. The molecule has 11 atom stereocenters. The minimum Gasteiger partial charge on any atom is -0.481 e. The predicted molar refractivity (Wildman–Crippen MR) is 140 cm³/mol. The fraction of sp³-hybridized carbons (Fsp3) is 0.906. The van der Waals surface area contributed by atoms with E-state index in [-0.39, 0.29) is 16.7 Å². The number of carbonyl (C=O) groups is 1. The molecule has 192 valence electrons. The number of fused-ring (bicyclic) bond motifs is 7. The molecular weight excluding hydrogens is 416 g/mol. The van der Waals surface area contributed by atoms with E-state index in [0.717, 1.165) is 43.4 Å². The lowest BCUT2D eigenvalue weighted by atomic mass is 9.32. The molecule has 0 saturated heterocycles. The third kappa shape index (κ3) is 2.78. The number of aliphatic carboxylic acids is 1. The molecule has 0 amide bonds.